The van der Waals surface area contributed by atoms with Crippen molar-refractivity contribution in [3.63, 3.8) is 0 Å². The van der Waals surface area contributed by atoms with Gasteiger partial charge in [-0.1, -0.05) is 6.08 Å². The summed E-state index contributed by atoms with van der Waals surface area (Å²) < 4.78 is 2.32. The maximum Gasteiger partial charge on any atom is 0.396 e. The van der Waals surface area contributed by atoms with E-state index in [4.69, 9.17) is 0 Å². The van der Waals surface area contributed by atoms with Crippen molar-refractivity contribution in [1.82, 2.24) is 9.29 Å². The summed E-state index contributed by atoms with van der Waals surface area (Å²) in [5, 5.41) is 0. The molecule has 0 bridgehead atoms. The van der Waals surface area contributed by atoms with Gasteiger partial charge in [0.1, 0.15) is 0 Å². The van der Waals surface area contributed by atoms with Crippen molar-refractivity contribution in [2.45, 2.75) is 40.7 Å². The molecule has 1 atom stereocenters. The van der Waals surface area contributed by atoms with Gasteiger partial charge in [0, 0.05) is 23.1 Å². The Kier molecular flexibility index (Phi) is 2.10. The molecule has 3 heterocycles. The van der Waals surface area contributed by atoms with E-state index in [0.717, 1.165) is 0 Å². The van der Waals surface area contributed by atoms with Crippen molar-refractivity contribution in [2.24, 2.45) is 0 Å². The van der Waals surface area contributed by atoms with Crippen LogP contribution in [0.1, 0.15) is 37.7 Å². The predicted molar refractivity (Wildman–Crippen MR) is 72.7 cm³/mol. The van der Waals surface area contributed by atoms with Crippen LogP contribution in [-0.4, -0.2) is 22.9 Å². The summed E-state index contributed by atoms with van der Waals surface area (Å²) in [6, 6.07) is 2.73. The third-order valence-corrected chi connectivity index (χ3v) is 3.93. The Morgan fingerprint density at radius 1 is 1.18 bits per heavy atom. The Morgan fingerprint density at radius 2 is 1.88 bits per heavy atom. The molecule has 0 saturated carbocycles. The molecule has 87 valence electrons. The molecule has 1 unspecified atom stereocenters. The first-order valence-corrected chi connectivity index (χ1v) is 6.22. The molecule has 1 radical (unpaired) electrons. The minimum Gasteiger partial charge on any atom is -0.392 e. The zero-order valence-electron chi connectivity index (χ0n) is 11.2. The lowest BCUT2D eigenvalue weighted by Gasteiger charge is -2.33. The summed E-state index contributed by atoms with van der Waals surface area (Å²) >= 11 is 0. The van der Waals surface area contributed by atoms with Crippen molar-refractivity contribution < 1.29 is 0 Å². The van der Waals surface area contributed by atoms with Crippen molar-refractivity contribution in [3.8, 4) is 0 Å². The molecule has 0 spiro atoms. The lowest BCUT2D eigenvalue weighted by Crippen LogP contribution is -2.39. The van der Waals surface area contributed by atoms with Crippen molar-refractivity contribution in [3.05, 3.63) is 40.4 Å². The highest BCUT2D eigenvalue weighted by molar-refractivity contribution is 6.34. The number of rotatable bonds is 0. The standard InChI is InChI=1S/C14H18BN2/c1-8-6-10(3)16-13(8)12(5)14-9(2)7-11(4)17(14)15-16/h6-7,10H,1-5H3. The molecule has 0 N–H and O–H groups in total. The maximum absolute atomic E-state index is 2.38. The molecule has 0 aromatic carbocycles. The fraction of sp³-hybridized carbons (Fsp3) is 0.429. The van der Waals surface area contributed by atoms with Crippen LogP contribution >= 0.6 is 0 Å². The lowest BCUT2D eigenvalue weighted by atomic mass is 9.93. The molecule has 0 amide bonds. The van der Waals surface area contributed by atoms with Crippen LogP contribution in [0, 0.1) is 13.8 Å². The highest BCUT2D eigenvalue weighted by Crippen LogP contribution is 2.38. The number of hydrogen-bond acceptors (Lipinski definition) is 1. The molecule has 1 aromatic rings. The zero-order valence-corrected chi connectivity index (χ0v) is 11.2. The van der Waals surface area contributed by atoms with E-state index in [1.165, 1.54) is 33.8 Å². The summed E-state index contributed by atoms with van der Waals surface area (Å²) in [5.74, 6) is 0. The number of aryl methyl sites for hydroxylation is 2. The highest BCUT2D eigenvalue weighted by atomic mass is 15.2. The van der Waals surface area contributed by atoms with Gasteiger partial charge in [0.15, 0.2) is 0 Å². The van der Waals surface area contributed by atoms with Gasteiger partial charge in [0.2, 0.25) is 0 Å². The summed E-state index contributed by atoms with van der Waals surface area (Å²) in [7, 11) is 2.25. The fourth-order valence-electron chi connectivity index (χ4n) is 3.26. The third kappa shape index (κ3) is 1.28. The van der Waals surface area contributed by atoms with Crippen LogP contribution in [0.25, 0.3) is 5.57 Å². The minimum atomic E-state index is 0.468. The van der Waals surface area contributed by atoms with Crippen LogP contribution in [0.2, 0.25) is 0 Å². The van der Waals surface area contributed by atoms with E-state index in [1.807, 2.05) is 0 Å². The average molecular weight is 225 g/mol. The van der Waals surface area contributed by atoms with E-state index in [1.54, 1.807) is 0 Å². The number of fused-ring (bicyclic) bond motifs is 2. The third-order valence-electron chi connectivity index (χ3n) is 3.93. The largest absolute Gasteiger partial charge is 0.396 e. The van der Waals surface area contributed by atoms with Crippen molar-refractivity contribution >= 4 is 13.1 Å². The van der Waals surface area contributed by atoms with Gasteiger partial charge >= 0.3 is 7.55 Å². The summed E-state index contributed by atoms with van der Waals surface area (Å²) in [5.41, 5.74) is 8.25. The van der Waals surface area contributed by atoms with E-state index >= 15 is 0 Å². The molecule has 3 rings (SSSR count). The molecule has 2 aliphatic heterocycles. The Bertz CT molecular complexity index is 563. The Balaban J connectivity index is 2.26. The van der Waals surface area contributed by atoms with Gasteiger partial charge < -0.3 is 9.29 Å². The number of hydrogen-bond donors (Lipinski definition) is 0. The summed E-state index contributed by atoms with van der Waals surface area (Å²) in [6.45, 7) is 11.1. The first-order chi connectivity index (χ1) is 8.00. The average Bonchev–Trinajstić information content (AvgIpc) is 2.68. The molecule has 3 heteroatoms. The van der Waals surface area contributed by atoms with Gasteiger partial charge in [-0.25, -0.2) is 0 Å². The first-order valence-electron chi connectivity index (χ1n) is 6.22. The quantitative estimate of drug-likeness (QED) is 0.616. The predicted octanol–water partition coefficient (Wildman–Crippen LogP) is 2.88. The molecule has 2 nitrogen and oxygen atoms in total. The Hall–Kier alpha value is -1.38. The molecule has 17 heavy (non-hydrogen) atoms. The monoisotopic (exact) mass is 225 g/mol. The zero-order chi connectivity index (χ0) is 12.3. The smallest absolute Gasteiger partial charge is 0.392 e. The second-order valence-electron chi connectivity index (χ2n) is 5.27. The fourth-order valence-corrected chi connectivity index (χ4v) is 3.26. The van der Waals surface area contributed by atoms with Crippen LogP contribution in [0.15, 0.2) is 23.4 Å². The van der Waals surface area contributed by atoms with Crippen LogP contribution in [-0.2, 0) is 0 Å². The number of nitrogens with zero attached hydrogens (tertiary/aromatic N) is 2. The van der Waals surface area contributed by atoms with Crippen LogP contribution in [0.3, 0.4) is 0 Å². The van der Waals surface area contributed by atoms with Crippen molar-refractivity contribution in [1.29, 1.82) is 0 Å². The number of allylic oxidation sites excluding steroid dienone is 2. The van der Waals surface area contributed by atoms with Gasteiger partial charge in [0.05, 0.1) is 0 Å². The SMILES string of the molecule is CC1=CC(C)N2[B]n3c(C)cc(C)c3C(C)=C12. The van der Waals surface area contributed by atoms with E-state index in [2.05, 4.69) is 63.6 Å². The van der Waals surface area contributed by atoms with Gasteiger partial charge in [-0.15, -0.1) is 0 Å². The maximum atomic E-state index is 2.38. The Labute approximate surface area is 104 Å². The molecule has 0 saturated heterocycles. The van der Waals surface area contributed by atoms with Crippen LogP contribution in [0.4, 0.5) is 0 Å². The number of aromatic nitrogens is 1. The topological polar surface area (TPSA) is 8.17 Å². The Morgan fingerprint density at radius 3 is 2.59 bits per heavy atom. The molecular formula is C14H18BN2. The molecule has 1 aromatic heterocycles. The van der Waals surface area contributed by atoms with E-state index < -0.39 is 0 Å². The van der Waals surface area contributed by atoms with Gasteiger partial charge in [-0.05, 0) is 57.4 Å². The summed E-state index contributed by atoms with van der Waals surface area (Å²) in [4.78, 5) is 2.38. The lowest BCUT2D eigenvalue weighted by molar-refractivity contribution is 0.509. The van der Waals surface area contributed by atoms with Gasteiger partial charge in [0.25, 0.3) is 0 Å². The molecular weight excluding hydrogens is 207 g/mol. The minimum absolute atomic E-state index is 0.468. The normalized spacial score (nSPS) is 22.3. The van der Waals surface area contributed by atoms with Gasteiger partial charge in [-0.2, -0.15) is 0 Å². The summed E-state index contributed by atoms with van der Waals surface area (Å²) in [6.07, 6.45) is 2.34. The van der Waals surface area contributed by atoms with Gasteiger partial charge in [-0.3, -0.25) is 0 Å². The van der Waals surface area contributed by atoms with Crippen LogP contribution < -0.4 is 0 Å². The van der Waals surface area contributed by atoms with E-state index in [0.29, 0.717) is 6.04 Å². The molecule has 0 aliphatic carbocycles. The second-order valence-corrected chi connectivity index (χ2v) is 5.27. The van der Waals surface area contributed by atoms with E-state index in [-0.39, 0.29) is 0 Å². The van der Waals surface area contributed by atoms with Crippen molar-refractivity contribution in [2.75, 3.05) is 0 Å². The molecule has 2 aliphatic rings. The molecule has 0 fully saturated rings. The second kappa shape index (κ2) is 3.31. The highest BCUT2D eigenvalue weighted by Gasteiger charge is 2.33. The van der Waals surface area contributed by atoms with Crippen LogP contribution in [0.5, 0.6) is 0 Å². The first kappa shape index (κ1) is 10.8. The van der Waals surface area contributed by atoms with E-state index in [9.17, 15) is 0 Å².